The third-order valence-corrected chi connectivity index (χ3v) is 3.97. The third kappa shape index (κ3) is 4.21. The van der Waals surface area contributed by atoms with Crippen molar-refractivity contribution < 1.29 is 4.79 Å². The van der Waals surface area contributed by atoms with Gasteiger partial charge in [-0.3, -0.25) is 9.48 Å². The molecule has 0 spiro atoms. The smallest absolute Gasteiger partial charge is 0.242 e. The summed E-state index contributed by atoms with van der Waals surface area (Å²) in [5, 5.41) is 10.3. The van der Waals surface area contributed by atoms with Crippen LogP contribution in [0.1, 0.15) is 44.2 Å². The Hall–Kier alpha value is -1.07. The molecule has 0 aromatic carbocycles. The zero-order chi connectivity index (χ0) is 13.8. The summed E-state index contributed by atoms with van der Waals surface area (Å²) in [4.78, 5) is 12.3. The van der Waals surface area contributed by atoms with Crippen molar-refractivity contribution in [2.45, 2.75) is 44.7 Å². The monoisotopic (exact) mass is 300 g/mol. The molecule has 1 aromatic rings. The number of aromatic nitrogens is 2. The second-order valence-electron chi connectivity index (χ2n) is 5.63. The second-order valence-corrected chi connectivity index (χ2v) is 5.63. The molecular weight excluding hydrogens is 276 g/mol. The van der Waals surface area contributed by atoms with Crippen molar-refractivity contribution in [1.29, 1.82) is 0 Å². The van der Waals surface area contributed by atoms with Crippen molar-refractivity contribution in [2.75, 3.05) is 7.05 Å². The van der Waals surface area contributed by atoms with E-state index < -0.39 is 0 Å². The molecule has 1 atom stereocenters. The fraction of sp³-hybridized carbons (Fsp3) is 0.714. The summed E-state index contributed by atoms with van der Waals surface area (Å²) in [6, 6.07) is 0.0178. The molecule has 0 radical (unpaired) electrons. The third-order valence-electron chi connectivity index (χ3n) is 3.97. The van der Waals surface area contributed by atoms with Gasteiger partial charge in [-0.15, -0.1) is 12.4 Å². The Morgan fingerprint density at radius 1 is 1.40 bits per heavy atom. The number of halogens is 1. The van der Waals surface area contributed by atoms with Gasteiger partial charge in [0.1, 0.15) is 6.04 Å². The molecule has 1 heterocycles. The molecule has 1 aliphatic carbocycles. The lowest BCUT2D eigenvalue weighted by atomic mass is 9.87. The number of amides is 1. The van der Waals surface area contributed by atoms with Crippen LogP contribution in [0.4, 0.5) is 0 Å². The maximum absolute atomic E-state index is 12.3. The van der Waals surface area contributed by atoms with E-state index in [4.69, 9.17) is 0 Å². The lowest BCUT2D eigenvalue weighted by Gasteiger charge is -2.28. The molecule has 0 aliphatic heterocycles. The molecule has 1 aliphatic rings. The van der Waals surface area contributed by atoms with E-state index in [-0.39, 0.29) is 24.4 Å². The summed E-state index contributed by atoms with van der Waals surface area (Å²) in [6.45, 7) is 2.28. The van der Waals surface area contributed by atoms with Crippen LogP contribution in [0.25, 0.3) is 0 Å². The molecule has 1 fully saturated rings. The molecule has 2 N–H and O–H groups in total. The van der Waals surface area contributed by atoms with Gasteiger partial charge in [0, 0.05) is 24.8 Å². The molecule has 1 amide bonds. The van der Waals surface area contributed by atoms with E-state index in [0.717, 1.165) is 24.3 Å². The Labute approximate surface area is 126 Å². The highest BCUT2D eigenvalue weighted by atomic mass is 35.5. The summed E-state index contributed by atoms with van der Waals surface area (Å²) in [5.74, 6) is 0.849. The Morgan fingerprint density at radius 3 is 2.55 bits per heavy atom. The van der Waals surface area contributed by atoms with Crippen LogP contribution in [0.5, 0.6) is 0 Å². The van der Waals surface area contributed by atoms with Crippen molar-refractivity contribution in [3.63, 3.8) is 0 Å². The van der Waals surface area contributed by atoms with Crippen molar-refractivity contribution >= 4 is 18.3 Å². The predicted molar refractivity (Wildman–Crippen MR) is 81.8 cm³/mol. The van der Waals surface area contributed by atoms with Crippen LogP contribution < -0.4 is 10.6 Å². The van der Waals surface area contributed by atoms with Gasteiger partial charge in [0.15, 0.2) is 0 Å². The van der Waals surface area contributed by atoms with E-state index in [1.165, 1.54) is 12.8 Å². The SMILES string of the molecule is CNC(C(=O)NC1CCC(C)CC1)c1cnn(C)c1.Cl. The molecule has 1 saturated carbocycles. The summed E-state index contributed by atoms with van der Waals surface area (Å²) < 4.78 is 1.72. The first-order chi connectivity index (χ1) is 9.10. The number of carbonyl (C=O) groups excluding carboxylic acids is 1. The quantitative estimate of drug-likeness (QED) is 0.891. The standard InChI is InChI=1S/C14H24N4O.ClH/c1-10-4-6-12(7-5-10)17-14(19)13(15-2)11-8-16-18(3)9-11;/h8-10,12-13,15H,4-7H2,1-3H3,(H,17,19);1H. The van der Waals surface area contributed by atoms with Crippen LogP contribution in [-0.4, -0.2) is 28.8 Å². The summed E-state index contributed by atoms with van der Waals surface area (Å²) in [5.41, 5.74) is 0.909. The van der Waals surface area contributed by atoms with Crippen LogP contribution >= 0.6 is 12.4 Å². The molecule has 1 aromatic heterocycles. The number of hydrogen-bond donors (Lipinski definition) is 2. The highest BCUT2D eigenvalue weighted by Crippen LogP contribution is 2.24. The van der Waals surface area contributed by atoms with Gasteiger partial charge in [0.25, 0.3) is 0 Å². The number of aryl methyl sites for hydroxylation is 1. The molecule has 1 unspecified atom stereocenters. The molecule has 5 nitrogen and oxygen atoms in total. The van der Waals surface area contributed by atoms with Crippen LogP contribution in [0.3, 0.4) is 0 Å². The van der Waals surface area contributed by atoms with Crippen LogP contribution in [0, 0.1) is 5.92 Å². The summed E-state index contributed by atoms with van der Waals surface area (Å²) >= 11 is 0. The molecule has 0 saturated heterocycles. The molecule has 0 bridgehead atoms. The fourth-order valence-corrected chi connectivity index (χ4v) is 2.73. The average Bonchev–Trinajstić information content (AvgIpc) is 2.80. The number of nitrogens with one attached hydrogen (secondary N) is 2. The molecule has 6 heteroatoms. The first-order valence-corrected chi connectivity index (χ1v) is 7.06. The van der Waals surface area contributed by atoms with Crippen molar-refractivity contribution in [3.05, 3.63) is 18.0 Å². The number of likely N-dealkylation sites (N-methyl/N-ethyl adjacent to an activating group) is 1. The van der Waals surface area contributed by atoms with Crippen LogP contribution in [0.2, 0.25) is 0 Å². The van der Waals surface area contributed by atoms with E-state index in [2.05, 4.69) is 22.7 Å². The van der Waals surface area contributed by atoms with E-state index in [1.807, 2.05) is 13.2 Å². The van der Waals surface area contributed by atoms with Gasteiger partial charge in [-0.2, -0.15) is 5.10 Å². The molecule has 20 heavy (non-hydrogen) atoms. The topological polar surface area (TPSA) is 59.0 Å². The molecule has 2 rings (SSSR count). The van der Waals surface area contributed by atoms with Gasteiger partial charge in [0.2, 0.25) is 5.91 Å². The Kier molecular flexibility index (Phi) is 6.49. The first kappa shape index (κ1) is 17.0. The highest BCUT2D eigenvalue weighted by molar-refractivity contribution is 5.85. The number of nitrogens with zero attached hydrogens (tertiary/aromatic N) is 2. The molecule has 114 valence electrons. The Morgan fingerprint density at radius 2 is 2.05 bits per heavy atom. The van der Waals surface area contributed by atoms with Crippen LogP contribution in [0.15, 0.2) is 12.4 Å². The number of carbonyl (C=O) groups is 1. The van der Waals surface area contributed by atoms with Gasteiger partial charge >= 0.3 is 0 Å². The largest absolute Gasteiger partial charge is 0.352 e. The van der Waals surface area contributed by atoms with Gasteiger partial charge in [-0.05, 0) is 38.6 Å². The van der Waals surface area contributed by atoms with Gasteiger partial charge in [-0.25, -0.2) is 0 Å². The van der Waals surface area contributed by atoms with Gasteiger partial charge in [0.05, 0.1) is 6.20 Å². The Balaban J connectivity index is 0.00000200. The maximum atomic E-state index is 12.3. The highest BCUT2D eigenvalue weighted by Gasteiger charge is 2.25. The second kappa shape index (κ2) is 7.64. The minimum absolute atomic E-state index is 0. The van der Waals surface area contributed by atoms with Crippen molar-refractivity contribution in [3.8, 4) is 0 Å². The van der Waals surface area contributed by atoms with E-state index in [1.54, 1.807) is 17.9 Å². The lowest BCUT2D eigenvalue weighted by molar-refractivity contribution is -0.124. The molecular formula is C14H25ClN4O. The minimum Gasteiger partial charge on any atom is -0.352 e. The first-order valence-electron chi connectivity index (χ1n) is 7.06. The zero-order valence-electron chi connectivity index (χ0n) is 12.4. The summed E-state index contributed by atoms with van der Waals surface area (Å²) in [7, 11) is 3.66. The number of hydrogen-bond acceptors (Lipinski definition) is 3. The minimum atomic E-state index is -0.312. The Bertz CT molecular complexity index is 427. The van der Waals surface area contributed by atoms with E-state index >= 15 is 0 Å². The van der Waals surface area contributed by atoms with E-state index in [9.17, 15) is 4.79 Å². The number of rotatable bonds is 4. The summed E-state index contributed by atoms with van der Waals surface area (Å²) in [6.07, 6.45) is 8.23. The van der Waals surface area contributed by atoms with Crippen LogP contribution in [-0.2, 0) is 11.8 Å². The van der Waals surface area contributed by atoms with Gasteiger partial charge in [-0.1, -0.05) is 6.92 Å². The lowest BCUT2D eigenvalue weighted by Crippen LogP contribution is -2.43. The zero-order valence-corrected chi connectivity index (χ0v) is 13.2. The van der Waals surface area contributed by atoms with E-state index in [0.29, 0.717) is 6.04 Å². The van der Waals surface area contributed by atoms with Crippen molar-refractivity contribution in [2.24, 2.45) is 13.0 Å². The predicted octanol–water partition coefficient (Wildman–Crippen LogP) is 1.80. The van der Waals surface area contributed by atoms with Gasteiger partial charge < -0.3 is 10.6 Å². The fourth-order valence-electron chi connectivity index (χ4n) is 2.73. The average molecular weight is 301 g/mol. The maximum Gasteiger partial charge on any atom is 0.242 e. The normalized spacial score (nSPS) is 23.8. The van der Waals surface area contributed by atoms with Crippen molar-refractivity contribution in [1.82, 2.24) is 20.4 Å².